The van der Waals surface area contributed by atoms with Crippen molar-refractivity contribution in [2.24, 2.45) is 0 Å². The highest BCUT2D eigenvalue weighted by molar-refractivity contribution is 6.28. The minimum Gasteiger partial charge on any atom is -0.472 e. The quantitative estimate of drug-likeness (QED) is 0.879. The lowest BCUT2D eigenvalue weighted by Gasteiger charge is -2.26. The highest BCUT2D eigenvalue weighted by atomic mass is 35.5. The van der Waals surface area contributed by atoms with Gasteiger partial charge in [-0.1, -0.05) is 0 Å². The Kier molecular flexibility index (Phi) is 3.52. The van der Waals surface area contributed by atoms with Crippen molar-refractivity contribution in [2.75, 3.05) is 13.6 Å². The summed E-state index contributed by atoms with van der Waals surface area (Å²) in [5.74, 6) is 0.513. The van der Waals surface area contributed by atoms with Gasteiger partial charge in [0, 0.05) is 11.7 Å². The molecule has 0 aromatic carbocycles. The lowest BCUT2D eigenvalue weighted by atomic mass is 10.1. The van der Waals surface area contributed by atoms with E-state index in [9.17, 15) is 0 Å². The molecule has 2 aromatic rings. The number of hydrogen-bond acceptors (Lipinski definition) is 5. The zero-order chi connectivity index (χ0) is 14.3. The van der Waals surface area contributed by atoms with E-state index >= 15 is 0 Å². The third-order valence-corrected chi connectivity index (χ3v) is 4.12. The van der Waals surface area contributed by atoms with Crippen molar-refractivity contribution < 1.29 is 4.74 Å². The van der Waals surface area contributed by atoms with Gasteiger partial charge in [0.05, 0.1) is 0 Å². The molecule has 0 radical (unpaired) electrons. The lowest BCUT2D eigenvalue weighted by molar-refractivity contribution is 0.118. The van der Waals surface area contributed by atoms with Crippen molar-refractivity contribution in [1.29, 1.82) is 0 Å². The largest absolute Gasteiger partial charge is 0.472 e. The van der Waals surface area contributed by atoms with Gasteiger partial charge < -0.3 is 4.74 Å². The van der Waals surface area contributed by atoms with Gasteiger partial charge in [0.1, 0.15) is 11.5 Å². The van der Waals surface area contributed by atoms with Gasteiger partial charge in [-0.25, -0.2) is 0 Å². The van der Waals surface area contributed by atoms with Gasteiger partial charge in [0.25, 0.3) is 0 Å². The maximum atomic E-state index is 6.06. The molecule has 3 rings (SSSR count). The van der Waals surface area contributed by atoms with Crippen LogP contribution in [0.1, 0.15) is 25.5 Å². The number of rotatable bonds is 3. The smallest absolute Gasteiger partial charge is 0.229 e. The summed E-state index contributed by atoms with van der Waals surface area (Å²) in [6.07, 6.45) is 2.40. The van der Waals surface area contributed by atoms with Gasteiger partial charge in [-0.2, -0.15) is 15.1 Å². The molecule has 0 amide bonds. The fourth-order valence-corrected chi connectivity index (χ4v) is 3.03. The van der Waals surface area contributed by atoms with Crippen LogP contribution >= 0.6 is 11.6 Å². The van der Waals surface area contributed by atoms with E-state index in [1.54, 1.807) is 0 Å². The van der Waals surface area contributed by atoms with Gasteiger partial charge in [-0.05, 0) is 51.9 Å². The summed E-state index contributed by atoms with van der Waals surface area (Å²) < 4.78 is 6.06. The van der Waals surface area contributed by atoms with Crippen LogP contribution < -0.4 is 4.74 Å². The van der Waals surface area contributed by atoms with Crippen molar-refractivity contribution in [1.82, 2.24) is 25.1 Å². The number of nitrogens with one attached hydrogen (secondary N) is 1. The summed E-state index contributed by atoms with van der Waals surface area (Å²) in [5, 5.41) is 7.97. The molecule has 0 bridgehead atoms. The lowest BCUT2D eigenvalue weighted by Crippen LogP contribution is -2.38. The van der Waals surface area contributed by atoms with Gasteiger partial charge in [-0.15, -0.1) is 0 Å². The van der Waals surface area contributed by atoms with Crippen LogP contribution in [-0.4, -0.2) is 50.8 Å². The second-order valence-corrected chi connectivity index (χ2v) is 5.70. The summed E-state index contributed by atoms with van der Waals surface area (Å²) >= 11 is 5.94. The first-order valence-electron chi connectivity index (χ1n) is 6.81. The first-order chi connectivity index (χ1) is 9.56. The van der Waals surface area contributed by atoms with E-state index in [-0.39, 0.29) is 11.4 Å². The zero-order valence-electron chi connectivity index (χ0n) is 11.9. The molecule has 108 valence electrons. The molecule has 1 aliphatic rings. The Bertz CT molecular complexity index is 628. The molecule has 20 heavy (non-hydrogen) atoms. The monoisotopic (exact) mass is 295 g/mol. The second kappa shape index (κ2) is 5.18. The Morgan fingerprint density at radius 2 is 2.25 bits per heavy atom. The van der Waals surface area contributed by atoms with Crippen molar-refractivity contribution in [3.05, 3.63) is 11.0 Å². The van der Waals surface area contributed by atoms with Crippen LogP contribution in [-0.2, 0) is 0 Å². The minimum absolute atomic E-state index is 0.0472. The molecule has 0 unspecified atom stereocenters. The molecule has 3 heterocycles. The number of H-pyrrole nitrogens is 1. The number of ether oxygens (including phenoxy) is 1. The van der Waals surface area contributed by atoms with Gasteiger partial charge in [-0.3, -0.25) is 10.00 Å². The van der Waals surface area contributed by atoms with Crippen molar-refractivity contribution in [2.45, 2.75) is 38.8 Å². The number of aromatic amines is 1. The van der Waals surface area contributed by atoms with Gasteiger partial charge in [0.15, 0.2) is 5.65 Å². The molecule has 7 heteroatoms. The SMILES string of the molecule is Cc1[nH]nc2nc(Cl)nc(O[C@@H](C)[C@@H]3CCCN3C)c12. The number of aromatic nitrogens is 4. The number of likely N-dealkylation sites (tertiary alicyclic amines) is 1. The molecule has 2 atom stereocenters. The van der Waals surface area contributed by atoms with Crippen LogP contribution in [0.5, 0.6) is 5.88 Å². The third-order valence-electron chi connectivity index (χ3n) is 3.95. The Morgan fingerprint density at radius 1 is 1.45 bits per heavy atom. The highest BCUT2D eigenvalue weighted by Gasteiger charge is 2.29. The standard InChI is InChI=1S/C13H18ClN5O/c1-7-10-11(18-17-7)15-13(14)16-12(10)20-8(2)9-5-4-6-19(9)3/h8-9H,4-6H2,1-3H3,(H,15,16,17,18)/t8-,9-/m0/s1. The van der Waals surface area contributed by atoms with E-state index in [0.29, 0.717) is 17.6 Å². The number of nitrogens with zero attached hydrogens (tertiary/aromatic N) is 4. The summed E-state index contributed by atoms with van der Waals surface area (Å²) in [6.45, 7) is 5.11. The second-order valence-electron chi connectivity index (χ2n) is 5.36. The predicted molar refractivity (Wildman–Crippen MR) is 77.2 cm³/mol. The maximum absolute atomic E-state index is 6.06. The number of halogens is 1. The topological polar surface area (TPSA) is 66.9 Å². The average molecular weight is 296 g/mol. The summed E-state index contributed by atoms with van der Waals surface area (Å²) in [6, 6.07) is 0.408. The number of likely N-dealkylation sites (N-methyl/N-ethyl adjacent to an activating group) is 1. The summed E-state index contributed by atoms with van der Waals surface area (Å²) in [5.41, 5.74) is 1.43. The Balaban J connectivity index is 1.92. The van der Waals surface area contributed by atoms with Crippen molar-refractivity contribution >= 4 is 22.6 Å². The van der Waals surface area contributed by atoms with E-state index in [0.717, 1.165) is 24.0 Å². The third kappa shape index (κ3) is 2.33. The van der Waals surface area contributed by atoms with Gasteiger partial charge >= 0.3 is 0 Å². The number of hydrogen-bond donors (Lipinski definition) is 1. The van der Waals surface area contributed by atoms with Crippen LogP contribution in [0.2, 0.25) is 5.28 Å². The molecular weight excluding hydrogens is 278 g/mol. The summed E-state index contributed by atoms with van der Waals surface area (Å²) in [4.78, 5) is 10.6. The molecule has 1 fully saturated rings. The summed E-state index contributed by atoms with van der Waals surface area (Å²) in [7, 11) is 2.13. The minimum atomic E-state index is 0.0472. The first-order valence-corrected chi connectivity index (χ1v) is 7.19. The molecule has 1 N–H and O–H groups in total. The predicted octanol–water partition coefficient (Wildman–Crippen LogP) is 2.18. The molecule has 0 saturated carbocycles. The molecule has 0 spiro atoms. The normalized spacial score (nSPS) is 21.5. The molecule has 1 aliphatic heterocycles. The molecular formula is C13H18ClN5O. The first kappa shape index (κ1) is 13.6. The highest BCUT2D eigenvalue weighted by Crippen LogP contribution is 2.28. The van der Waals surface area contributed by atoms with Crippen molar-refractivity contribution in [3.8, 4) is 5.88 Å². The number of fused-ring (bicyclic) bond motifs is 1. The zero-order valence-corrected chi connectivity index (χ0v) is 12.6. The van der Waals surface area contributed by atoms with Crippen molar-refractivity contribution in [3.63, 3.8) is 0 Å². The molecule has 0 aliphatic carbocycles. The fourth-order valence-electron chi connectivity index (χ4n) is 2.87. The van der Waals surface area contributed by atoms with E-state index in [2.05, 4.69) is 39.0 Å². The Hall–Kier alpha value is -1.40. The van der Waals surface area contributed by atoms with Crippen LogP contribution in [0.25, 0.3) is 11.0 Å². The van der Waals surface area contributed by atoms with Gasteiger partial charge in [0.2, 0.25) is 11.2 Å². The molecule has 2 aromatic heterocycles. The van der Waals surface area contributed by atoms with E-state index < -0.39 is 0 Å². The van der Waals surface area contributed by atoms with Crippen LogP contribution in [0.15, 0.2) is 0 Å². The average Bonchev–Trinajstić information content (AvgIpc) is 2.96. The molecule has 1 saturated heterocycles. The van der Waals surface area contributed by atoms with E-state index in [1.807, 2.05) is 6.92 Å². The number of aryl methyl sites for hydroxylation is 1. The maximum Gasteiger partial charge on any atom is 0.229 e. The molecule has 6 nitrogen and oxygen atoms in total. The van der Waals surface area contributed by atoms with Crippen LogP contribution in [0.4, 0.5) is 0 Å². The van der Waals surface area contributed by atoms with E-state index in [4.69, 9.17) is 16.3 Å². The van der Waals surface area contributed by atoms with E-state index in [1.165, 1.54) is 6.42 Å². The fraction of sp³-hybridized carbons (Fsp3) is 0.615. The van der Waals surface area contributed by atoms with Crippen LogP contribution in [0.3, 0.4) is 0 Å². The Morgan fingerprint density at radius 3 is 2.95 bits per heavy atom. The van der Waals surface area contributed by atoms with Crippen LogP contribution in [0, 0.1) is 6.92 Å². The Labute approximate surface area is 122 Å².